The highest BCUT2D eigenvalue weighted by Gasteiger charge is 2.79. The number of benzene rings is 1. The molecule has 3 aliphatic heterocycles. The predicted octanol–water partition coefficient (Wildman–Crippen LogP) is 2.69. The minimum Gasteiger partial charge on any atom is -0.481 e. The van der Waals surface area contributed by atoms with Gasteiger partial charge in [-0.1, -0.05) is 38.1 Å². The Morgan fingerprint density at radius 1 is 1.29 bits per heavy atom. The largest absolute Gasteiger partial charge is 0.481 e. The molecule has 3 fully saturated rings. The van der Waals surface area contributed by atoms with E-state index in [9.17, 15) is 24.6 Å². The molecule has 0 saturated carbocycles. The summed E-state index contributed by atoms with van der Waals surface area (Å²) in [7, 11) is 0. The minimum atomic E-state index is -1.26. The zero-order chi connectivity index (χ0) is 25.9. The normalized spacial score (nSPS) is 32.1. The molecule has 190 valence electrons. The van der Waals surface area contributed by atoms with Crippen molar-refractivity contribution in [1.29, 1.82) is 0 Å². The Balaban J connectivity index is 1.91. The highest BCUT2D eigenvalue weighted by molar-refractivity contribution is 6.05. The van der Waals surface area contributed by atoms with E-state index in [1.807, 2.05) is 45.9 Å². The average molecular weight is 485 g/mol. The summed E-state index contributed by atoms with van der Waals surface area (Å²) in [4.78, 5) is 44.0. The van der Waals surface area contributed by atoms with E-state index in [2.05, 4.69) is 6.58 Å². The summed E-state index contributed by atoms with van der Waals surface area (Å²) in [6, 6.07) is 4.07. The van der Waals surface area contributed by atoms with Crippen LogP contribution in [0.25, 0.3) is 0 Å². The molecule has 0 aromatic heterocycles. The number of carbonyl (C=O) groups excluding carboxylic acids is 2. The summed E-state index contributed by atoms with van der Waals surface area (Å²) in [5.41, 5.74) is 0.262. The number of amides is 2. The molecule has 1 aromatic rings. The lowest BCUT2D eigenvalue weighted by Gasteiger charge is -2.41. The number of nitrogens with zero attached hydrogens (tertiary/aromatic N) is 2. The smallest absolute Gasteiger partial charge is 0.310 e. The van der Waals surface area contributed by atoms with Crippen LogP contribution in [0.4, 0.5) is 5.69 Å². The highest BCUT2D eigenvalue weighted by atomic mass is 16.5. The van der Waals surface area contributed by atoms with E-state index >= 15 is 0 Å². The van der Waals surface area contributed by atoms with Crippen LogP contribution in [-0.4, -0.2) is 69.3 Å². The Kier molecular flexibility index (Phi) is 6.34. The molecule has 2 unspecified atom stereocenters. The molecular weight excluding hydrogens is 448 g/mol. The molecule has 3 saturated heterocycles. The fraction of sp³-hybridized carbons (Fsp3) is 0.593. The molecule has 4 rings (SSSR count). The highest BCUT2D eigenvalue weighted by Crippen LogP contribution is 2.63. The third kappa shape index (κ3) is 3.52. The van der Waals surface area contributed by atoms with Gasteiger partial charge in [-0.3, -0.25) is 14.4 Å². The van der Waals surface area contributed by atoms with E-state index in [1.165, 1.54) is 4.90 Å². The zero-order valence-electron chi connectivity index (χ0n) is 21.2. The molecule has 2 bridgehead atoms. The maximum atomic E-state index is 14.5. The molecule has 35 heavy (non-hydrogen) atoms. The van der Waals surface area contributed by atoms with Gasteiger partial charge in [0.2, 0.25) is 5.91 Å². The Hall–Kier alpha value is -2.71. The van der Waals surface area contributed by atoms with Crippen molar-refractivity contribution in [1.82, 2.24) is 4.90 Å². The van der Waals surface area contributed by atoms with Crippen molar-refractivity contribution in [2.45, 2.75) is 70.7 Å². The van der Waals surface area contributed by atoms with Crippen LogP contribution in [0, 0.1) is 31.6 Å². The number of ether oxygens (including phenoxy) is 1. The molecule has 3 heterocycles. The number of aliphatic hydroxyl groups excluding tert-OH is 1. The fourth-order valence-electron chi connectivity index (χ4n) is 6.80. The first kappa shape index (κ1) is 25.4. The Labute approximate surface area is 206 Å². The summed E-state index contributed by atoms with van der Waals surface area (Å²) in [5.74, 6) is -4.05. The predicted molar refractivity (Wildman–Crippen MR) is 131 cm³/mol. The summed E-state index contributed by atoms with van der Waals surface area (Å²) in [6.07, 6.45) is 2.49. The van der Waals surface area contributed by atoms with Gasteiger partial charge in [-0.05, 0) is 50.7 Å². The third-order valence-electron chi connectivity index (χ3n) is 8.32. The van der Waals surface area contributed by atoms with Gasteiger partial charge >= 0.3 is 5.97 Å². The molecule has 8 nitrogen and oxygen atoms in total. The number of fused-ring (bicyclic) bond motifs is 1. The Bertz CT molecular complexity index is 1050. The first-order valence-electron chi connectivity index (χ1n) is 12.3. The van der Waals surface area contributed by atoms with Crippen LogP contribution < -0.4 is 4.90 Å². The maximum Gasteiger partial charge on any atom is 0.310 e. The lowest BCUT2D eigenvalue weighted by atomic mass is 9.66. The molecule has 0 aliphatic carbocycles. The van der Waals surface area contributed by atoms with Crippen molar-refractivity contribution in [3.8, 4) is 0 Å². The molecular formula is C27H36N2O6. The number of carboxylic acids is 1. The van der Waals surface area contributed by atoms with Crippen molar-refractivity contribution in [3.63, 3.8) is 0 Å². The molecule has 3 aliphatic rings. The van der Waals surface area contributed by atoms with Crippen molar-refractivity contribution >= 4 is 23.5 Å². The van der Waals surface area contributed by atoms with Gasteiger partial charge in [-0.15, -0.1) is 6.58 Å². The molecule has 0 radical (unpaired) electrons. The molecule has 2 amide bonds. The van der Waals surface area contributed by atoms with Crippen molar-refractivity contribution in [3.05, 3.63) is 42.0 Å². The minimum absolute atomic E-state index is 0.154. The van der Waals surface area contributed by atoms with E-state index < -0.39 is 47.0 Å². The SMILES string of the molecule is C=CCN(C(=O)C1N([C@@H](CO)C(C)C)C(=O)[C@@H]2[C@@H](C(=O)O)[C@@]3(C)CCC12O3)c1c(C)cccc1C. The first-order chi connectivity index (χ1) is 16.4. The number of aryl methyl sites for hydroxylation is 2. The Morgan fingerprint density at radius 2 is 1.91 bits per heavy atom. The van der Waals surface area contributed by atoms with E-state index in [-0.39, 0.29) is 25.0 Å². The standard InChI is InChI=1S/C27H36N2O6/c1-7-13-28(21-16(4)9-8-10-17(21)5)24(32)22-27-12-11-26(6,35-27)20(25(33)34)19(27)23(31)29(22)18(14-30)15(2)3/h7-10,15,18-20,22,30H,1,11-14H2,2-6H3,(H,33,34)/t18-,19-,20-,22?,26+,27?/m0/s1. The van der Waals surface area contributed by atoms with Gasteiger partial charge in [-0.25, -0.2) is 0 Å². The van der Waals surface area contributed by atoms with Crippen LogP contribution in [0.2, 0.25) is 0 Å². The summed E-state index contributed by atoms with van der Waals surface area (Å²) in [6.45, 7) is 13.1. The zero-order valence-corrected chi connectivity index (χ0v) is 21.2. The van der Waals surface area contributed by atoms with Crippen LogP contribution in [0.1, 0.15) is 44.7 Å². The van der Waals surface area contributed by atoms with Crippen LogP contribution >= 0.6 is 0 Å². The van der Waals surface area contributed by atoms with E-state index in [0.717, 1.165) is 16.8 Å². The van der Waals surface area contributed by atoms with Crippen molar-refractivity contribution in [2.75, 3.05) is 18.1 Å². The molecule has 2 N–H and O–H groups in total. The first-order valence-corrected chi connectivity index (χ1v) is 12.3. The molecule has 1 aromatic carbocycles. The number of aliphatic hydroxyl groups is 1. The van der Waals surface area contributed by atoms with Crippen LogP contribution in [0.5, 0.6) is 0 Å². The molecule has 8 heteroatoms. The second kappa shape index (κ2) is 8.75. The fourth-order valence-corrected chi connectivity index (χ4v) is 6.80. The van der Waals surface area contributed by atoms with Gasteiger partial charge in [0.1, 0.15) is 11.6 Å². The van der Waals surface area contributed by atoms with E-state index in [1.54, 1.807) is 17.9 Å². The van der Waals surface area contributed by atoms with Gasteiger partial charge in [0.25, 0.3) is 5.91 Å². The molecule has 1 spiro atoms. The number of rotatable bonds is 8. The second-order valence-corrected chi connectivity index (χ2v) is 10.8. The number of hydrogen-bond donors (Lipinski definition) is 2. The van der Waals surface area contributed by atoms with Gasteiger partial charge in [-0.2, -0.15) is 0 Å². The van der Waals surface area contributed by atoms with E-state index in [4.69, 9.17) is 4.74 Å². The maximum absolute atomic E-state index is 14.5. The number of para-hydroxylation sites is 1. The van der Waals surface area contributed by atoms with Crippen molar-refractivity contribution in [2.24, 2.45) is 17.8 Å². The van der Waals surface area contributed by atoms with Gasteiger partial charge < -0.3 is 24.7 Å². The third-order valence-corrected chi connectivity index (χ3v) is 8.32. The summed E-state index contributed by atoms with van der Waals surface area (Å²) in [5, 5.41) is 20.4. The Morgan fingerprint density at radius 3 is 2.43 bits per heavy atom. The van der Waals surface area contributed by atoms with Gasteiger partial charge in [0.15, 0.2) is 0 Å². The number of carbonyl (C=O) groups is 3. The number of aliphatic carboxylic acids is 1. The molecule has 6 atom stereocenters. The van der Waals surface area contributed by atoms with Crippen LogP contribution in [0.3, 0.4) is 0 Å². The lowest BCUT2D eigenvalue weighted by molar-refractivity contribution is -0.156. The number of likely N-dealkylation sites (tertiary alicyclic amines) is 1. The topological polar surface area (TPSA) is 107 Å². The number of anilines is 1. The van der Waals surface area contributed by atoms with Crippen molar-refractivity contribution < 1.29 is 29.3 Å². The second-order valence-electron chi connectivity index (χ2n) is 10.8. The summed E-state index contributed by atoms with van der Waals surface area (Å²) < 4.78 is 6.48. The van der Waals surface area contributed by atoms with E-state index in [0.29, 0.717) is 12.8 Å². The van der Waals surface area contributed by atoms with Crippen LogP contribution in [-0.2, 0) is 19.1 Å². The number of hydrogen-bond acceptors (Lipinski definition) is 5. The lowest BCUT2D eigenvalue weighted by Crippen LogP contribution is -2.60. The van der Waals surface area contributed by atoms with Crippen LogP contribution in [0.15, 0.2) is 30.9 Å². The quantitative estimate of drug-likeness (QED) is 0.550. The average Bonchev–Trinajstić information content (AvgIpc) is 3.34. The van der Waals surface area contributed by atoms with Gasteiger partial charge in [0.05, 0.1) is 30.1 Å². The van der Waals surface area contributed by atoms with Gasteiger partial charge in [0, 0.05) is 12.2 Å². The summed E-state index contributed by atoms with van der Waals surface area (Å²) >= 11 is 0. The monoisotopic (exact) mass is 484 g/mol. The number of carboxylic acid groups (broad SMARTS) is 1.